The van der Waals surface area contributed by atoms with Gasteiger partial charge in [-0.05, 0) is 18.1 Å². The van der Waals surface area contributed by atoms with Crippen LogP contribution in [-0.4, -0.2) is 23.2 Å². The molecule has 7 heteroatoms. The van der Waals surface area contributed by atoms with Crippen LogP contribution >= 0.6 is 12.4 Å². The van der Waals surface area contributed by atoms with Crippen molar-refractivity contribution < 1.29 is 14.8 Å². The molecule has 3 N–H and O–H groups in total. The molecule has 0 aromatic heterocycles. The average Bonchev–Trinajstić information content (AvgIpc) is 2.35. The van der Waals surface area contributed by atoms with Crippen LogP contribution in [0.3, 0.4) is 0 Å². The summed E-state index contributed by atoms with van der Waals surface area (Å²) < 4.78 is 4.88. The fourth-order valence-electron chi connectivity index (χ4n) is 1.53. The number of nitrogens with two attached hydrogens (primary N) is 1. The van der Waals surface area contributed by atoms with Gasteiger partial charge in [-0.15, -0.1) is 12.4 Å². The number of nitro groups is 1. The van der Waals surface area contributed by atoms with Crippen molar-refractivity contribution in [3.63, 3.8) is 0 Å². The molecule has 0 unspecified atom stereocenters. The van der Waals surface area contributed by atoms with Crippen LogP contribution < -0.4 is 10.5 Å². The van der Waals surface area contributed by atoms with Gasteiger partial charge >= 0.3 is 5.69 Å². The normalized spacial score (nSPS) is 13.3. The van der Waals surface area contributed by atoms with Gasteiger partial charge in [-0.1, -0.05) is 13.0 Å². The smallest absolute Gasteiger partial charge is 0.311 e. The number of rotatable bonds is 5. The largest absolute Gasteiger partial charge is 0.490 e. The van der Waals surface area contributed by atoms with Crippen molar-refractivity contribution in [2.45, 2.75) is 25.5 Å². The van der Waals surface area contributed by atoms with Crippen LogP contribution in [0.25, 0.3) is 0 Å². The number of hydrogen-bond acceptors (Lipinski definition) is 5. The summed E-state index contributed by atoms with van der Waals surface area (Å²) in [5.41, 5.74) is 6.17. The highest BCUT2D eigenvalue weighted by Gasteiger charge is 2.21. The molecule has 0 saturated heterocycles. The molecule has 0 heterocycles. The first-order chi connectivity index (χ1) is 8.01. The Bertz CT molecular complexity index is 414. The number of hydrogen-bond donors (Lipinski definition) is 2. The standard InChI is InChI=1S/C11H16N2O4.ClH/c1-3-9(14)11(12)7-4-5-10(17-2)8(6-7)13(15)16;/h4-6,9,11,14H,3,12H2,1-2H3;1H/t9-,11+;/m1./s1. The van der Waals surface area contributed by atoms with Crippen LogP contribution in [0.5, 0.6) is 5.75 Å². The second-order valence-corrected chi connectivity index (χ2v) is 3.69. The number of methoxy groups -OCH3 is 1. The SMILES string of the molecule is CC[C@@H](O)[C@@H](N)c1ccc(OC)c([N+](=O)[O-])c1.Cl. The zero-order valence-electron chi connectivity index (χ0n) is 10.2. The van der Waals surface area contributed by atoms with Gasteiger partial charge in [0.1, 0.15) is 0 Å². The quantitative estimate of drug-likeness (QED) is 0.631. The van der Waals surface area contributed by atoms with Crippen molar-refractivity contribution in [2.75, 3.05) is 7.11 Å². The lowest BCUT2D eigenvalue weighted by Gasteiger charge is -2.17. The van der Waals surface area contributed by atoms with Gasteiger partial charge in [0.15, 0.2) is 5.75 Å². The molecule has 6 nitrogen and oxygen atoms in total. The van der Waals surface area contributed by atoms with Gasteiger partial charge < -0.3 is 15.6 Å². The Morgan fingerprint density at radius 1 is 1.56 bits per heavy atom. The zero-order valence-corrected chi connectivity index (χ0v) is 11.0. The van der Waals surface area contributed by atoms with E-state index in [1.54, 1.807) is 13.0 Å². The monoisotopic (exact) mass is 276 g/mol. The maximum absolute atomic E-state index is 10.8. The van der Waals surface area contributed by atoms with E-state index in [1.807, 2.05) is 0 Å². The molecule has 0 aliphatic heterocycles. The third-order valence-electron chi connectivity index (χ3n) is 2.62. The molecule has 0 radical (unpaired) electrons. The van der Waals surface area contributed by atoms with E-state index in [0.717, 1.165) is 0 Å². The van der Waals surface area contributed by atoms with Gasteiger partial charge in [-0.2, -0.15) is 0 Å². The Kier molecular flexibility index (Phi) is 6.61. The summed E-state index contributed by atoms with van der Waals surface area (Å²) in [5, 5.41) is 20.4. The molecule has 1 rings (SSSR count). The topological polar surface area (TPSA) is 98.6 Å². The third-order valence-corrected chi connectivity index (χ3v) is 2.62. The summed E-state index contributed by atoms with van der Waals surface area (Å²) in [6.45, 7) is 1.79. The van der Waals surface area contributed by atoms with Crippen LogP contribution in [0.1, 0.15) is 24.9 Å². The van der Waals surface area contributed by atoms with Crippen molar-refractivity contribution in [3.8, 4) is 5.75 Å². The Morgan fingerprint density at radius 2 is 2.17 bits per heavy atom. The van der Waals surface area contributed by atoms with Crippen molar-refractivity contribution in [1.82, 2.24) is 0 Å². The average molecular weight is 277 g/mol. The van der Waals surface area contributed by atoms with Gasteiger partial charge in [-0.3, -0.25) is 10.1 Å². The summed E-state index contributed by atoms with van der Waals surface area (Å²) in [5.74, 6) is 0.178. The fourth-order valence-corrected chi connectivity index (χ4v) is 1.53. The zero-order chi connectivity index (χ0) is 13.0. The van der Waals surface area contributed by atoms with Gasteiger partial charge in [0.25, 0.3) is 0 Å². The molecular weight excluding hydrogens is 260 g/mol. The van der Waals surface area contributed by atoms with Crippen LogP contribution in [0.4, 0.5) is 5.69 Å². The van der Waals surface area contributed by atoms with Gasteiger partial charge in [0.2, 0.25) is 0 Å². The minimum absolute atomic E-state index is 0. The van der Waals surface area contributed by atoms with Crippen LogP contribution in [0.2, 0.25) is 0 Å². The van der Waals surface area contributed by atoms with Gasteiger partial charge in [-0.25, -0.2) is 0 Å². The fraction of sp³-hybridized carbons (Fsp3) is 0.455. The highest BCUT2D eigenvalue weighted by molar-refractivity contribution is 5.85. The van der Waals surface area contributed by atoms with Crippen molar-refractivity contribution in [1.29, 1.82) is 0 Å². The summed E-state index contributed by atoms with van der Waals surface area (Å²) in [4.78, 5) is 10.3. The number of benzene rings is 1. The third kappa shape index (κ3) is 3.56. The molecule has 18 heavy (non-hydrogen) atoms. The van der Waals surface area contributed by atoms with Crippen molar-refractivity contribution >= 4 is 18.1 Å². The molecule has 102 valence electrons. The van der Waals surface area contributed by atoms with Gasteiger partial charge in [0.05, 0.1) is 24.2 Å². The van der Waals surface area contributed by atoms with Gasteiger partial charge in [0, 0.05) is 6.07 Å². The molecule has 0 saturated carbocycles. The molecule has 0 aliphatic rings. The number of nitrogens with zero attached hydrogens (tertiary/aromatic N) is 1. The van der Waals surface area contributed by atoms with E-state index >= 15 is 0 Å². The van der Waals surface area contributed by atoms with E-state index in [0.29, 0.717) is 12.0 Å². The summed E-state index contributed by atoms with van der Waals surface area (Å²) in [6, 6.07) is 3.80. The second-order valence-electron chi connectivity index (χ2n) is 3.69. The lowest BCUT2D eigenvalue weighted by atomic mass is 10.00. The molecule has 0 fully saturated rings. The Labute approximate surface area is 111 Å². The maximum Gasteiger partial charge on any atom is 0.311 e. The molecule has 0 amide bonds. The number of aliphatic hydroxyl groups excluding tert-OH is 1. The number of nitro benzene ring substituents is 1. The highest BCUT2D eigenvalue weighted by atomic mass is 35.5. The lowest BCUT2D eigenvalue weighted by Crippen LogP contribution is -2.25. The second kappa shape index (κ2) is 7.15. The number of aliphatic hydroxyl groups is 1. The summed E-state index contributed by atoms with van der Waals surface area (Å²) in [6.07, 6.45) is -0.232. The molecular formula is C11H17ClN2O4. The minimum atomic E-state index is -0.719. The summed E-state index contributed by atoms with van der Waals surface area (Å²) >= 11 is 0. The van der Waals surface area contributed by atoms with Crippen molar-refractivity contribution in [3.05, 3.63) is 33.9 Å². The molecule has 1 aromatic carbocycles. The van der Waals surface area contributed by atoms with E-state index in [4.69, 9.17) is 10.5 Å². The minimum Gasteiger partial charge on any atom is -0.490 e. The van der Waals surface area contributed by atoms with E-state index in [1.165, 1.54) is 19.2 Å². The van der Waals surface area contributed by atoms with Crippen molar-refractivity contribution in [2.24, 2.45) is 5.73 Å². The van der Waals surface area contributed by atoms with E-state index in [2.05, 4.69) is 0 Å². The molecule has 1 aromatic rings. The summed E-state index contributed by atoms with van der Waals surface area (Å²) in [7, 11) is 1.36. The predicted octanol–water partition coefficient (Wildman–Crippen LogP) is 1.80. The lowest BCUT2D eigenvalue weighted by molar-refractivity contribution is -0.385. The first-order valence-corrected chi connectivity index (χ1v) is 5.27. The van der Waals surface area contributed by atoms with Crippen LogP contribution in [-0.2, 0) is 0 Å². The Morgan fingerprint density at radius 3 is 2.61 bits per heavy atom. The van der Waals surface area contributed by atoms with E-state index < -0.39 is 17.1 Å². The Hall–Kier alpha value is -1.37. The van der Waals surface area contributed by atoms with E-state index in [9.17, 15) is 15.2 Å². The van der Waals surface area contributed by atoms with Crippen LogP contribution in [0, 0.1) is 10.1 Å². The first-order valence-electron chi connectivity index (χ1n) is 5.27. The number of ether oxygens (including phenoxy) is 1. The number of halogens is 1. The molecule has 0 bridgehead atoms. The first kappa shape index (κ1) is 16.6. The molecule has 2 atom stereocenters. The molecule has 0 spiro atoms. The molecule has 0 aliphatic carbocycles. The highest BCUT2D eigenvalue weighted by Crippen LogP contribution is 2.30. The maximum atomic E-state index is 10.8. The Balaban J connectivity index is 0.00000289. The van der Waals surface area contributed by atoms with Crippen LogP contribution in [0.15, 0.2) is 18.2 Å². The predicted molar refractivity (Wildman–Crippen MR) is 70.1 cm³/mol. The van der Waals surface area contributed by atoms with E-state index in [-0.39, 0.29) is 23.8 Å².